The normalized spacial score (nSPS) is 10.1. The molecule has 1 heterocycles. The minimum absolute atomic E-state index is 0.00141. The lowest BCUT2D eigenvalue weighted by atomic mass is 10.2. The van der Waals surface area contributed by atoms with Gasteiger partial charge in [-0.1, -0.05) is 0 Å². The van der Waals surface area contributed by atoms with Crippen LogP contribution in [0.5, 0.6) is 5.75 Å². The molecule has 0 aliphatic carbocycles. The predicted molar refractivity (Wildman–Crippen MR) is 79.6 cm³/mol. The summed E-state index contributed by atoms with van der Waals surface area (Å²) in [4.78, 5) is 15.1. The summed E-state index contributed by atoms with van der Waals surface area (Å²) >= 11 is 3.39. The zero-order valence-corrected chi connectivity index (χ0v) is 12.1. The molecular weight excluding hydrogens is 326 g/mol. The monoisotopic (exact) mass is 337 g/mol. The number of anilines is 3. The molecule has 0 atom stereocenters. The van der Waals surface area contributed by atoms with Crippen molar-refractivity contribution in [3.8, 4) is 5.75 Å². The van der Waals surface area contributed by atoms with Crippen molar-refractivity contribution in [2.24, 2.45) is 0 Å². The van der Waals surface area contributed by atoms with E-state index in [9.17, 15) is 4.79 Å². The Hall–Kier alpha value is -2.28. The fourth-order valence-corrected chi connectivity index (χ4v) is 1.93. The lowest BCUT2D eigenvalue weighted by Gasteiger charge is -2.10. The summed E-state index contributed by atoms with van der Waals surface area (Å²) in [5.41, 5.74) is 6.39. The number of methoxy groups -OCH3 is 1. The third-order valence-corrected chi connectivity index (χ3v) is 3.29. The highest BCUT2D eigenvalue weighted by molar-refractivity contribution is 9.10. The molecule has 0 saturated heterocycles. The van der Waals surface area contributed by atoms with Crippen LogP contribution in [-0.4, -0.2) is 23.2 Å². The van der Waals surface area contributed by atoms with Crippen LogP contribution in [0.2, 0.25) is 0 Å². The molecule has 0 bridgehead atoms. The van der Waals surface area contributed by atoms with Gasteiger partial charge in [0.25, 0.3) is 0 Å². The molecule has 1 aromatic carbocycles. The van der Waals surface area contributed by atoms with E-state index in [0.717, 1.165) is 4.47 Å². The van der Waals surface area contributed by atoms with E-state index in [-0.39, 0.29) is 11.3 Å². The standard InChI is InChI=1S/C13H12BrN3O3/c1-20-7-2-3-9(14)11(4-7)17-12-5-8(13(18)19)10(15)6-16-12/h2-6H,15H2,1H3,(H,16,17)(H,18,19). The van der Waals surface area contributed by atoms with Gasteiger partial charge in [0.15, 0.2) is 0 Å². The Labute approximate surface area is 123 Å². The first-order chi connectivity index (χ1) is 9.51. The van der Waals surface area contributed by atoms with Gasteiger partial charge in [-0.25, -0.2) is 9.78 Å². The second-order valence-corrected chi connectivity index (χ2v) is 4.79. The number of halogens is 1. The van der Waals surface area contributed by atoms with Crippen LogP contribution >= 0.6 is 15.9 Å². The van der Waals surface area contributed by atoms with E-state index in [0.29, 0.717) is 17.3 Å². The topological polar surface area (TPSA) is 97.5 Å². The van der Waals surface area contributed by atoms with Crippen molar-refractivity contribution in [3.05, 3.63) is 40.5 Å². The number of nitrogens with one attached hydrogen (secondary N) is 1. The van der Waals surface area contributed by atoms with E-state index in [2.05, 4.69) is 26.2 Å². The summed E-state index contributed by atoms with van der Waals surface area (Å²) in [5.74, 6) is -0.0483. The van der Waals surface area contributed by atoms with Crippen LogP contribution in [-0.2, 0) is 0 Å². The second-order valence-electron chi connectivity index (χ2n) is 3.93. The smallest absolute Gasteiger partial charge is 0.337 e. The summed E-state index contributed by atoms with van der Waals surface area (Å²) in [5, 5.41) is 12.0. The number of carbonyl (C=O) groups is 1. The number of hydrogen-bond donors (Lipinski definition) is 3. The van der Waals surface area contributed by atoms with E-state index in [4.69, 9.17) is 15.6 Å². The van der Waals surface area contributed by atoms with Crippen molar-refractivity contribution in [2.45, 2.75) is 0 Å². The first-order valence-corrected chi connectivity index (χ1v) is 6.40. The van der Waals surface area contributed by atoms with E-state index in [1.54, 1.807) is 19.2 Å². The molecule has 1 aromatic heterocycles. The number of nitrogens with zero attached hydrogens (tertiary/aromatic N) is 1. The van der Waals surface area contributed by atoms with Gasteiger partial charge in [0, 0.05) is 10.5 Å². The van der Waals surface area contributed by atoms with Crippen LogP contribution in [0.15, 0.2) is 34.9 Å². The minimum atomic E-state index is -1.10. The molecule has 104 valence electrons. The van der Waals surface area contributed by atoms with Gasteiger partial charge in [0.1, 0.15) is 11.6 Å². The number of nitrogen functional groups attached to an aromatic ring is 1. The van der Waals surface area contributed by atoms with Crippen LogP contribution in [0.3, 0.4) is 0 Å². The van der Waals surface area contributed by atoms with Gasteiger partial charge in [-0.05, 0) is 34.1 Å². The summed E-state index contributed by atoms with van der Waals surface area (Å²) < 4.78 is 5.93. The van der Waals surface area contributed by atoms with Gasteiger partial charge >= 0.3 is 5.97 Å². The van der Waals surface area contributed by atoms with E-state index >= 15 is 0 Å². The summed E-state index contributed by atoms with van der Waals surface area (Å²) in [6.07, 6.45) is 1.31. The molecule has 7 heteroatoms. The highest BCUT2D eigenvalue weighted by Crippen LogP contribution is 2.29. The molecule has 20 heavy (non-hydrogen) atoms. The van der Waals surface area contributed by atoms with Crippen LogP contribution in [0.4, 0.5) is 17.2 Å². The average molecular weight is 338 g/mol. The predicted octanol–water partition coefficient (Wildman–Crippen LogP) is 2.88. The maximum absolute atomic E-state index is 11.0. The van der Waals surface area contributed by atoms with Crippen LogP contribution in [0.25, 0.3) is 0 Å². The van der Waals surface area contributed by atoms with Crippen molar-refractivity contribution in [1.29, 1.82) is 0 Å². The van der Waals surface area contributed by atoms with Gasteiger partial charge < -0.3 is 20.9 Å². The minimum Gasteiger partial charge on any atom is -0.497 e. The molecule has 2 aromatic rings. The number of carboxylic acid groups (broad SMARTS) is 1. The van der Waals surface area contributed by atoms with Crippen molar-refractivity contribution >= 4 is 39.1 Å². The molecular formula is C13H12BrN3O3. The Morgan fingerprint density at radius 2 is 2.20 bits per heavy atom. The van der Waals surface area contributed by atoms with E-state index in [1.165, 1.54) is 12.3 Å². The number of aromatic carboxylic acids is 1. The summed E-state index contributed by atoms with van der Waals surface area (Å²) in [6.45, 7) is 0. The molecule has 4 N–H and O–H groups in total. The van der Waals surface area contributed by atoms with Crippen molar-refractivity contribution in [3.63, 3.8) is 0 Å². The summed E-state index contributed by atoms with van der Waals surface area (Å²) in [6, 6.07) is 6.76. The molecule has 2 rings (SSSR count). The summed E-state index contributed by atoms with van der Waals surface area (Å²) in [7, 11) is 1.57. The first kappa shape index (κ1) is 14.1. The zero-order valence-electron chi connectivity index (χ0n) is 10.6. The number of benzene rings is 1. The maximum Gasteiger partial charge on any atom is 0.337 e. The van der Waals surface area contributed by atoms with Crippen molar-refractivity contribution in [1.82, 2.24) is 4.98 Å². The fourth-order valence-electron chi connectivity index (χ4n) is 1.58. The van der Waals surface area contributed by atoms with Gasteiger partial charge in [0.05, 0.1) is 30.2 Å². The highest BCUT2D eigenvalue weighted by atomic mass is 79.9. The highest BCUT2D eigenvalue weighted by Gasteiger charge is 2.11. The number of nitrogens with two attached hydrogens (primary N) is 1. The zero-order chi connectivity index (χ0) is 14.7. The van der Waals surface area contributed by atoms with Crippen molar-refractivity contribution < 1.29 is 14.6 Å². The lowest BCUT2D eigenvalue weighted by Crippen LogP contribution is -2.05. The molecule has 0 amide bonds. The van der Waals surface area contributed by atoms with Gasteiger partial charge in [0.2, 0.25) is 0 Å². The first-order valence-electron chi connectivity index (χ1n) is 5.60. The average Bonchev–Trinajstić information content (AvgIpc) is 2.43. The molecule has 0 radical (unpaired) electrons. The quantitative estimate of drug-likeness (QED) is 0.793. The van der Waals surface area contributed by atoms with E-state index < -0.39 is 5.97 Å². The number of hydrogen-bond acceptors (Lipinski definition) is 5. The molecule has 0 aliphatic heterocycles. The fraction of sp³-hybridized carbons (Fsp3) is 0.0769. The Morgan fingerprint density at radius 1 is 1.45 bits per heavy atom. The number of aromatic nitrogens is 1. The van der Waals surface area contributed by atoms with E-state index in [1.807, 2.05) is 6.07 Å². The van der Waals surface area contributed by atoms with Gasteiger partial charge in [-0.2, -0.15) is 0 Å². The van der Waals surface area contributed by atoms with Crippen LogP contribution in [0.1, 0.15) is 10.4 Å². The second kappa shape index (κ2) is 5.79. The SMILES string of the molecule is COc1ccc(Br)c(Nc2cc(C(=O)O)c(N)cn2)c1. The van der Waals surface area contributed by atoms with Crippen molar-refractivity contribution in [2.75, 3.05) is 18.2 Å². The van der Waals surface area contributed by atoms with Crippen LogP contribution < -0.4 is 15.8 Å². The molecule has 0 unspecified atom stereocenters. The number of ether oxygens (including phenoxy) is 1. The largest absolute Gasteiger partial charge is 0.497 e. The Kier molecular flexibility index (Phi) is 4.09. The Morgan fingerprint density at radius 3 is 2.85 bits per heavy atom. The molecule has 6 nitrogen and oxygen atoms in total. The number of rotatable bonds is 4. The molecule has 0 spiro atoms. The Balaban J connectivity index is 2.35. The molecule has 0 fully saturated rings. The molecule has 0 aliphatic rings. The number of pyridine rings is 1. The van der Waals surface area contributed by atoms with Gasteiger partial charge in [-0.3, -0.25) is 0 Å². The van der Waals surface area contributed by atoms with Gasteiger partial charge in [-0.15, -0.1) is 0 Å². The third kappa shape index (κ3) is 3.00. The van der Waals surface area contributed by atoms with Crippen LogP contribution in [0, 0.1) is 0 Å². The third-order valence-electron chi connectivity index (χ3n) is 2.60. The number of carboxylic acids is 1. The lowest BCUT2D eigenvalue weighted by molar-refractivity contribution is 0.0698. The Bertz CT molecular complexity index is 661. The molecule has 0 saturated carbocycles. The maximum atomic E-state index is 11.0.